The molecule has 0 radical (unpaired) electrons. The molecule has 0 bridgehead atoms. The van der Waals surface area contributed by atoms with Crippen LogP contribution in [0.25, 0.3) is 11.0 Å². The lowest BCUT2D eigenvalue weighted by atomic mass is 10.2. The van der Waals surface area contributed by atoms with E-state index in [1.54, 1.807) is 34.8 Å². The van der Waals surface area contributed by atoms with E-state index in [4.69, 9.17) is 9.72 Å². The highest BCUT2D eigenvalue weighted by molar-refractivity contribution is 7.89. The summed E-state index contributed by atoms with van der Waals surface area (Å²) in [5, 5.41) is 2.84. The molecule has 10 heteroatoms. The van der Waals surface area contributed by atoms with Gasteiger partial charge in [0, 0.05) is 38.5 Å². The number of nitrogens with one attached hydrogen (secondary N) is 1. The number of benzene rings is 1. The standard InChI is InChI=1S/C24H31N5O4S/c1-3-4-15-29-21-9-8-19(34(31,32)28-13-5-6-14-28)16-20(21)27-22(29)10-11-23(30)26-18-7-12-24(33-2)25-17-18/h7-9,12,16-17H,3-6,10-11,13-15H2,1-2H3,(H,26,30). The Morgan fingerprint density at radius 2 is 1.97 bits per heavy atom. The van der Waals surface area contributed by atoms with Crippen LogP contribution in [0.5, 0.6) is 5.88 Å². The lowest BCUT2D eigenvalue weighted by Gasteiger charge is -2.15. The third-order valence-electron chi connectivity index (χ3n) is 6.04. The van der Waals surface area contributed by atoms with Crippen molar-refractivity contribution in [3.8, 4) is 5.88 Å². The number of nitrogens with zero attached hydrogens (tertiary/aromatic N) is 4. The number of hydrogen-bond donors (Lipinski definition) is 1. The first-order valence-electron chi connectivity index (χ1n) is 11.7. The molecule has 1 N–H and O–H groups in total. The van der Waals surface area contributed by atoms with E-state index in [9.17, 15) is 13.2 Å². The summed E-state index contributed by atoms with van der Waals surface area (Å²) in [6.07, 6.45) is 6.03. The minimum Gasteiger partial charge on any atom is -0.481 e. The lowest BCUT2D eigenvalue weighted by molar-refractivity contribution is -0.116. The Morgan fingerprint density at radius 1 is 1.18 bits per heavy atom. The van der Waals surface area contributed by atoms with Crippen molar-refractivity contribution in [2.75, 3.05) is 25.5 Å². The summed E-state index contributed by atoms with van der Waals surface area (Å²) >= 11 is 0. The fourth-order valence-electron chi connectivity index (χ4n) is 4.18. The van der Waals surface area contributed by atoms with E-state index in [0.717, 1.165) is 43.6 Å². The number of amides is 1. The molecule has 4 rings (SSSR count). The molecule has 3 heterocycles. The highest BCUT2D eigenvalue weighted by Gasteiger charge is 2.28. The lowest BCUT2D eigenvalue weighted by Crippen LogP contribution is -2.27. The number of ether oxygens (including phenoxy) is 1. The molecule has 1 amide bonds. The van der Waals surface area contributed by atoms with Gasteiger partial charge in [0.05, 0.1) is 34.9 Å². The van der Waals surface area contributed by atoms with E-state index in [2.05, 4.69) is 21.8 Å². The van der Waals surface area contributed by atoms with Gasteiger partial charge in [0.1, 0.15) is 5.82 Å². The van der Waals surface area contributed by atoms with E-state index in [0.29, 0.717) is 36.6 Å². The van der Waals surface area contributed by atoms with Crippen molar-refractivity contribution in [3.05, 3.63) is 42.4 Å². The number of hydrogen-bond acceptors (Lipinski definition) is 6. The van der Waals surface area contributed by atoms with Crippen LogP contribution in [0, 0.1) is 0 Å². The number of methoxy groups -OCH3 is 1. The van der Waals surface area contributed by atoms with Crippen LogP contribution in [-0.4, -0.2) is 53.4 Å². The summed E-state index contributed by atoms with van der Waals surface area (Å²) in [5.74, 6) is 1.12. The molecule has 0 unspecified atom stereocenters. The van der Waals surface area contributed by atoms with Gasteiger partial charge in [-0.3, -0.25) is 4.79 Å². The second-order valence-corrected chi connectivity index (χ2v) is 10.4. The third-order valence-corrected chi connectivity index (χ3v) is 7.94. The SMILES string of the molecule is CCCCn1c(CCC(=O)Nc2ccc(OC)nc2)nc2cc(S(=O)(=O)N3CCCC3)ccc21. The van der Waals surface area contributed by atoms with Crippen LogP contribution in [0.2, 0.25) is 0 Å². The normalized spacial score (nSPS) is 14.5. The molecule has 1 aliphatic heterocycles. The minimum absolute atomic E-state index is 0.140. The van der Waals surface area contributed by atoms with Gasteiger partial charge in [0.2, 0.25) is 21.8 Å². The number of imidazole rings is 1. The van der Waals surface area contributed by atoms with Crippen molar-refractivity contribution in [1.82, 2.24) is 18.8 Å². The maximum Gasteiger partial charge on any atom is 0.243 e. The topological polar surface area (TPSA) is 106 Å². The molecule has 1 aliphatic rings. The molecule has 1 saturated heterocycles. The summed E-state index contributed by atoms with van der Waals surface area (Å²) in [6, 6.07) is 8.61. The predicted molar refractivity (Wildman–Crippen MR) is 130 cm³/mol. The van der Waals surface area contributed by atoms with Crippen molar-refractivity contribution >= 4 is 32.7 Å². The van der Waals surface area contributed by atoms with Crippen molar-refractivity contribution in [3.63, 3.8) is 0 Å². The highest BCUT2D eigenvalue weighted by Crippen LogP contribution is 2.26. The zero-order valence-electron chi connectivity index (χ0n) is 19.7. The quantitative estimate of drug-likeness (QED) is 0.470. The molecule has 2 aromatic heterocycles. The van der Waals surface area contributed by atoms with Crippen LogP contribution in [0.3, 0.4) is 0 Å². The van der Waals surface area contributed by atoms with E-state index in [1.165, 1.54) is 7.11 Å². The Kier molecular flexibility index (Phi) is 7.47. The number of carbonyl (C=O) groups excluding carboxylic acids is 1. The molecule has 0 saturated carbocycles. The van der Waals surface area contributed by atoms with Gasteiger partial charge in [-0.25, -0.2) is 18.4 Å². The summed E-state index contributed by atoms with van der Waals surface area (Å²) in [5.41, 5.74) is 2.14. The maximum absolute atomic E-state index is 13.0. The number of fused-ring (bicyclic) bond motifs is 1. The van der Waals surface area contributed by atoms with E-state index in [-0.39, 0.29) is 17.2 Å². The monoisotopic (exact) mass is 485 g/mol. The maximum atomic E-state index is 13.0. The third kappa shape index (κ3) is 5.23. The number of pyridine rings is 1. The van der Waals surface area contributed by atoms with E-state index >= 15 is 0 Å². The molecule has 182 valence electrons. The van der Waals surface area contributed by atoms with Gasteiger partial charge in [0.15, 0.2) is 0 Å². The van der Waals surface area contributed by atoms with Crippen LogP contribution in [0.4, 0.5) is 5.69 Å². The Bertz CT molecular complexity index is 1250. The van der Waals surface area contributed by atoms with Crippen molar-refractivity contribution < 1.29 is 17.9 Å². The van der Waals surface area contributed by atoms with Gasteiger partial charge in [0.25, 0.3) is 0 Å². The van der Waals surface area contributed by atoms with Gasteiger partial charge in [-0.05, 0) is 43.5 Å². The first-order valence-corrected chi connectivity index (χ1v) is 13.2. The first kappa shape index (κ1) is 24.2. The Hall–Kier alpha value is -2.98. The zero-order chi connectivity index (χ0) is 24.1. The van der Waals surface area contributed by atoms with Crippen LogP contribution in [0.15, 0.2) is 41.4 Å². The number of aryl methyl sites for hydroxylation is 2. The predicted octanol–water partition coefficient (Wildman–Crippen LogP) is 3.60. The number of rotatable bonds is 10. The molecule has 0 aliphatic carbocycles. The molecular weight excluding hydrogens is 454 g/mol. The average Bonchev–Trinajstić information content (AvgIpc) is 3.50. The smallest absolute Gasteiger partial charge is 0.243 e. The van der Waals surface area contributed by atoms with Gasteiger partial charge in [-0.2, -0.15) is 4.31 Å². The average molecular weight is 486 g/mol. The highest BCUT2D eigenvalue weighted by atomic mass is 32.2. The number of anilines is 1. The summed E-state index contributed by atoms with van der Waals surface area (Å²) < 4.78 is 34.7. The molecule has 9 nitrogen and oxygen atoms in total. The second-order valence-electron chi connectivity index (χ2n) is 8.43. The zero-order valence-corrected chi connectivity index (χ0v) is 20.5. The molecule has 3 aromatic rings. The number of sulfonamides is 1. The van der Waals surface area contributed by atoms with Gasteiger partial charge < -0.3 is 14.6 Å². The Morgan fingerprint density at radius 3 is 2.65 bits per heavy atom. The first-order chi connectivity index (χ1) is 16.4. The molecule has 1 aromatic carbocycles. The van der Waals surface area contributed by atoms with Crippen LogP contribution in [0.1, 0.15) is 44.9 Å². The summed E-state index contributed by atoms with van der Waals surface area (Å²) in [4.78, 5) is 21.6. The molecule has 34 heavy (non-hydrogen) atoms. The molecular formula is C24H31N5O4S. The molecule has 0 spiro atoms. The van der Waals surface area contributed by atoms with E-state index < -0.39 is 10.0 Å². The summed E-state index contributed by atoms with van der Waals surface area (Å²) in [6.45, 7) is 4.02. The Labute approximate surface area is 200 Å². The van der Waals surface area contributed by atoms with Gasteiger partial charge >= 0.3 is 0 Å². The van der Waals surface area contributed by atoms with Crippen molar-refractivity contribution in [1.29, 1.82) is 0 Å². The number of unbranched alkanes of at least 4 members (excludes halogenated alkanes) is 1. The number of carbonyl (C=O) groups is 1. The fraction of sp³-hybridized carbons (Fsp3) is 0.458. The van der Waals surface area contributed by atoms with Crippen LogP contribution < -0.4 is 10.1 Å². The molecule has 1 fully saturated rings. The Balaban J connectivity index is 1.53. The van der Waals surface area contributed by atoms with Crippen molar-refractivity contribution in [2.24, 2.45) is 0 Å². The van der Waals surface area contributed by atoms with Crippen molar-refractivity contribution in [2.45, 2.75) is 56.9 Å². The van der Waals surface area contributed by atoms with E-state index in [1.807, 2.05) is 6.07 Å². The van der Waals surface area contributed by atoms with Crippen LogP contribution in [-0.2, 0) is 27.8 Å². The van der Waals surface area contributed by atoms with Gasteiger partial charge in [-0.15, -0.1) is 0 Å². The van der Waals surface area contributed by atoms with Crippen LogP contribution >= 0.6 is 0 Å². The molecule has 0 atom stereocenters. The summed E-state index contributed by atoms with van der Waals surface area (Å²) in [7, 11) is -1.97. The fourth-order valence-corrected chi connectivity index (χ4v) is 5.72. The minimum atomic E-state index is -3.51. The second kappa shape index (κ2) is 10.5. The number of aromatic nitrogens is 3. The van der Waals surface area contributed by atoms with Gasteiger partial charge in [-0.1, -0.05) is 13.3 Å². The largest absolute Gasteiger partial charge is 0.481 e.